The molecule has 0 fully saturated rings. The van der Waals surface area contributed by atoms with E-state index in [0.29, 0.717) is 27.8 Å². The Morgan fingerprint density at radius 2 is 1.88 bits per heavy atom. The molecule has 1 aliphatic rings. The molecule has 0 bridgehead atoms. The van der Waals surface area contributed by atoms with Gasteiger partial charge in [0.15, 0.2) is 5.75 Å². The number of benzene rings is 2. The monoisotopic (exact) mass is 373 g/mol. The third-order valence-electron chi connectivity index (χ3n) is 3.61. The second-order valence-electron chi connectivity index (χ2n) is 5.75. The molecule has 2 amide bonds. The summed E-state index contributed by atoms with van der Waals surface area (Å²) in [7, 11) is 0. The molecule has 134 valence electrons. The molecule has 0 saturated carbocycles. The molecule has 1 heterocycles. The SMILES string of the molecule is CC(=O)Nc1cccc(NC(=O)CN2CC(=O)Oc3ccc(Cl)cc32)c1. The van der Waals surface area contributed by atoms with E-state index in [9.17, 15) is 14.4 Å². The van der Waals surface area contributed by atoms with Crippen molar-refractivity contribution in [1.82, 2.24) is 0 Å². The fraction of sp³-hybridized carbons (Fsp3) is 0.167. The van der Waals surface area contributed by atoms with E-state index in [1.807, 2.05) is 0 Å². The summed E-state index contributed by atoms with van der Waals surface area (Å²) in [5.41, 5.74) is 1.69. The van der Waals surface area contributed by atoms with Gasteiger partial charge in [0.25, 0.3) is 0 Å². The fourth-order valence-electron chi connectivity index (χ4n) is 2.61. The summed E-state index contributed by atoms with van der Waals surface area (Å²) in [5.74, 6) is -0.592. The Bertz CT molecular complexity index is 884. The maximum absolute atomic E-state index is 12.4. The van der Waals surface area contributed by atoms with E-state index in [1.165, 1.54) is 6.92 Å². The van der Waals surface area contributed by atoms with Gasteiger partial charge in [-0.25, -0.2) is 4.79 Å². The van der Waals surface area contributed by atoms with Crippen molar-refractivity contribution in [2.75, 3.05) is 28.6 Å². The van der Waals surface area contributed by atoms with Gasteiger partial charge in [0.2, 0.25) is 11.8 Å². The normalized spacial score (nSPS) is 12.8. The number of fused-ring (bicyclic) bond motifs is 1. The molecule has 2 N–H and O–H groups in total. The van der Waals surface area contributed by atoms with Crippen molar-refractivity contribution in [1.29, 1.82) is 0 Å². The zero-order chi connectivity index (χ0) is 18.7. The van der Waals surface area contributed by atoms with Crippen molar-refractivity contribution in [2.45, 2.75) is 6.92 Å². The lowest BCUT2D eigenvalue weighted by atomic mass is 10.2. The van der Waals surface area contributed by atoms with Gasteiger partial charge in [0, 0.05) is 23.3 Å². The van der Waals surface area contributed by atoms with Crippen LogP contribution in [0.5, 0.6) is 5.75 Å². The number of halogens is 1. The van der Waals surface area contributed by atoms with Gasteiger partial charge in [-0.15, -0.1) is 0 Å². The predicted octanol–water partition coefficient (Wildman–Crippen LogP) is 2.66. The van der Waals surface area contributed by atoms with Crippen molar-refractivity contribution in [2.24, 2.45) is 0 Å². The van der Waals surface area contributed by atoms with Gasteiger partial charge in [0.1, 0.15) is 6.54 Å². The number of carbonyl (C=O) groups is 3. The topological polar surface area (TPSA) is 87.7 Å². The molecule has 0 spiro atoms. The first-order valence-corrected chi connectivity index (χ1v) is 8.21. The number of nitrogens with one attached hydrogen (secondary N) is 2. The molecule has 2 aromatic carbocycles. The van der Waals surface area contributed by atoms with Crippen molar-refractivity contribution in [3.8, 4) is 5.75 Å². The highest BCUT2D eigenvalue weighted by Crippen LogP contribution is 2.34. The number of hydrogen-bond donors (Lipinski definition) is 2. The third kappa shape index (κ3) is 4.31. The van der Waals surface area contributed by atoms with Crippen LogP contribution in [0.2, 0.25) is 5.02 Å². The quantitative estimate of drug-likeness (QED) is 0.635. The Labute approximate surface area is 154 Å². The van der Waals surface area contributed by atoms with Gasteiger partial charge < -0.3 is 20.3 Å². The molecule has 2 aromatic rings. The van der Waals surface area contributed by atoms with Crippen molar-refractivity contribution >= 4 is 46.4 Å². The van der Waals surface area contributed by atoms with Crippen LogP contribution in [0.1, 0.15) is 6.92 Å². The maximum atomic E-state index is 12.4. The zero-order valence-corrected chi connectivity index (χ0v) is 14.7. The molecular weight excluding hydrogens is 358 g/mol. The zero-order valence-electron chi connectivity index (χ0n) is 13.9. The van der Waals surface area contributed by atoms with Crippen LogP contribution in [0.15, 0.2) is 42.5 Å². The molecule has 7 nitrogen and oxygen atoms in total. The first-order valence-electron chi connectivity index (χ1n) is 7.83. The highest BCUT2D eigenvalue weighted by Gasteiger charge is 2.26. The van der Waals surface area contributed by atoms with Crippen LogP contribution in [0.3, 0.4) is 0 Å². The predicted molar refractivity (Wildman–Crippen MR) is 98.7 cm³/mol. The highest BCUT2D eigenvalue weighted by atomic mass is 35.5. The molecule has 8 heteroatoms. The summed E-state index contributed by atoms with van der Waals surface area (Å²) < 4.78 is 5.16. The number of anilines is 3. The molecule has 1 aliphatic heterocycles. The first-order chi connectivity index (χ1) is 12.4. The Kier molecular flexibility index (Phi) is 5.09. The van der Waals surface area contributed by atoms with E-state index in [0.717, 1.165) is 0 Å². The van der Waals surface area contributed by atoms with Gasteiger partial charge in [-0.2, -0.15) is 0 Å². The number of nitrogens with zero attached hydrogens (tertiary/aromatic N) is 1. The van der Waals surface area contributed by atoms with Crippen molar-refractivity contribution in [3.05, 3.63) is 47.5 Å². The Hall–Kier alpha value is -3.06. The van der Waals surface area contributed by atoms with Crippen molar-refractivity contribution in [3.63, 3.8) is 0 Å². The Morgan fingerprint density at radius 3 is 2.62 bits per heavy atom. The summed E-state index contributed by atoms with van der Waals surface area (Å²) in [6.45, 7) is 1.31. The summed E-state index contributed by atoms with van der Waals surface area (Å²) >= 11 is 6.00. The van der Waals surface area contributed by atoms with Gasteiger partial charge in [-0.1, -0.05) is 17.7 Å². The number of hydrogen-bond acceptors (Lipinski definition) is 5. The van der Waals surface area contributed by atoms with Crippen molar-refractivity contribution < 1.29 is 19.1 Å². The van der Waals surface area contributed by atoms with E-state index in [4.69, 9.17) is 16.3 Å². The van der Waals surface area contributed by atoms with E-state index in [-0.39, 0.29) is 24.9 Å². The second-order valence-corrected chi connectivity index (χ2v) is 6.19. The average molecular weight is 374 g/mol. The minimum absolute atomic E-state index is 0.0488. The van der Waals surface area contributed by atoms with Crippen LogP contribution in [-0.4, -0.2) is 30.9 Å². The molecule has 0 radical (unpaired) electrons. The van der Waals surface area contributed by atoms with E-state index in [1.54, 1.807) is 47.4 Å². The second kappa shape index (κ2) is 7.45. The number of amides is 2. The Morgan fingerprint density at radius 1 is 1.15 bits per heavy atom. The summed E-state index contributed by atoms with van der Waals surface area (Å²) in [6, 6.07) is 11.6. The number of rotatable bonds is 4. The van der Waals surface area contributed by atoms with Gasteiger partial charge in [-0.05, 0) is 36.4 Å². The lowest BCUT2D eigenvalue weighted by molar-refractivity contribution is -0.133. The van der Waals surface area contributed by atoms with Crippen LogP contribution in [-0.2, 0) is 14.4 Å². The van der Waals surface area contributed by atoms with E-state index in [2.05, 4.69) is 10.6 Å². The summed E-state index contributed by atoms with van der Waals surface area (Å²) in [5, 5.41) is 5.88. The minimum Gasteiger partial charge on any atom is -0.423 e. The van der Waals surface area contributed by atoms with E-state index < -0.39 is 5.97 Å². The first kappa shape index (κ1) is 17.8. The van der Waals surface area contributed by atoms with Crippen LogP contribution >= 0.6 is 11.6 Å². The number of esters is 1. The van der Waals surface area contributed by atoms with Crippen LogP contribution < -0.4 is 20.3 Å². The Balaban J connectivity index is 1.72. The minimum atomic E-state index is -0.444. The lowest BCUT2D eigenvalue weighted by Gasteiger charge is -2.29. The lowest BCUT2D eigenvalue weighted by Crippen LogP contribution is -2.41. The van der Waals surface area contributed by atoms with Gasteiger partial charge >= 0.3 is 5.97 Å². The highest BCUT2D eigenvalue weighted by molar-refractivity contribution is 6.31. The number of carbonyl (C=O) groups excluding carboxylic acids is 3. The molecule has 0 unspecified atom stereocenters. The number of ether oxygens (including phenoxy) is 1. The molecule has 0 aliphatic carbocycles. The largest absolute Gasteiger partial charge is 0.423 e. The van der Waals surface area contributed by atoms with Crippen LogP contribution in [0, 0.1) is 0 Å². The van der Waals surface area contributed by atoms with Crippen LogP contribution in [0.4, 0.5) is 17.1 Å². The summed E-state index contributed by atoms with van der Waals surface area (Å²) in [4.78, 5) is 36.9. The third-order valence-corrected chi connectivity index (χ3v) is 3.84. The van der Waals surface area contributed by atoms with Gasteiger partial charge in [0.05, 0.1) is 12.2 Å². The van der Waals surface area contributed by atoms with Gasteiger partial charge in [-0.3, -0.25) is 9.59 Å². The molecule has 0 saturated heterocycles. The average Bonchev–Trinajstić information content (AvgIpc) is 2.55. The molecular formula is C18H16ClN3O4. The van der Waals surface area contributed by atoms with E-state index >= 15 is 0 Å². The molecule has 0 atom stereocenters. The maximum Gasteiger partial charge on any atom is 0.331 e. The summed E-state index contributed by atoms with van der Waals surface area (Å²) in [6.07, 6.45) is 0. The van der Waals surface area contributed by atoms with Crippen LogP contribution in [0.25, 0.3) is 0 Å². The standard InChI is InChI=1S/C18H16ClN3O4/c1-11(23)20-13-3-2-4-14(8-13)21-17(24)9-22-10-18(25)26-16-6-5-12(19)7-15(16)22/h2-8H,9-10H2,1H3,(H,20,23)(H,21,24). The molecule has 3 rings (SSSR count). The molecule has 26 heavy (non-hydrogen) atoms. The molecule has 0 aromatic heterocycles. The fourth-order valence-corrected chi connectivity index (χ4v) is 2.78. The smallest absolute Gasteiger partial charge is 0.331 e.